The van der Waals surface area contributed by atoms with E-state index >= 15 is 0 Å². The Morgan fingerprint density at radius 1 is 1.32 bits per heavy atom. The maximum Gasteiger partial charge on any atom is 0.133 e. The van der Waals surface area contributed by atoms with Crippen LogP contribution in [0.25, 0.3) is 0 Å². The Kier molecular flexibility index (Phi) is 5.80. The predicted molar refractivity (Wildman–Crippen MR) is 83.6 cm³/mol. The van der Waals surface area contributed by atoms with Gasteiger partial charge in [0.05, 0.1) is 0 Å². The number of rotatable bonds is 6. The van der Waals surface area contributed by atoms with Crippen LogP contribution in [0, 0.1) is 5.92 Å². The van der Waals surface area contributed by atoms with Crippen molar-refractivity contribution in [2.45, 2.75) is 53.6 Å². The Hall–Kier alpha value is -1.09. The zero-order valence-electron chi connectivity index (χ0n) is 13.3. The molecule has 0 unspecified atom stereocenters. The molecular weight excluding hydrogens is 234 g/mol. The molecule has 0 amide bonds. The highest BCUT2D eigenvalue weighted by Gasteiger charge is 2.14. The number of nitrogens with one attached hydrogen (secondary N) is 1. The van der Waals surface area contributed by atoms with Gasteiger partial charge in [0, 0.05) is 36.9 Å². The van der Waals surface area contributed by atoms with E-state index in [1.54, 1.807) is 0 Å². The van der Waals surface area contributed by atoms with Crippen LogP contribution in [0.2, 0.25) is 0 Å². The lowest BCUT2D eigenvalue weighted by Gasteiger charge is -2.27. The lowest BCUT2D eigenvalue weighted by molar-refractivity contribution is 0.423. The highest BCUT2D eigenvalue weighted by Crippen LogP contribution is 2.19. The van der Waals surface area contributed by atoms with Crippen molar-refractivity contribution >= 4 is 5.82 Å². The van der Waals surface area contributed by atoms with Gasteiger partial charge in [0.25, 0.3) is 0 Å². The molecule has 19 heavy (non-hydrogen) atoms. The van der Waals surface area contributed by atoms with Gasteiger partial charge in [0.2, 0.25) is 0 Å². The van der Waals surface area contributed by atoms with Crippen LogP contribution in [0.1, 0.15) is 47.1 Å². The molecule has 0 radical (unpaired) electrons. The van der Waals surface area contributed by atoms with Crippen molar-refractivity contribution in [1.82, 2.24) is 10.3 Å². The topological polar surface area (TPSA) is 28.2 Å². The summed E-state index contributed by atoms with van der Waals surface area (Å²) < 4.78 is 0. The van der Waals surface area contributed by atoms with Crippen LogP contribution in [0.3, 0.4) is 0 Å². The van der Waals surface area contributed by atoms with E-state index < -0.39 is 0 Å². The van der Waals surface area contributed by atoms with Gasteiger partial charge in [-0.15, -0.1) is 0 Å². The van der Waals surface area contributed by atoms with E-state index in [0.717, 1.165) is 25.5 Å². The third-order valence-electron chi connectivity index (χ3n) is 2.94. The van der Waals surface area contributed by atoms with Gasteiger partial charge in [-0.1, -0.05) is 19.9 Å². The molecule has 0 bridgehead atoms. The third kappa shape index (κ3) is 5.60. The first-order valence-electron chi connectivity index (χ1n) is 7.27. The van der Waals surface area contributed by atoms with Gasteiger partial charge >= 0.3 is 0 Å². The molecule has 3 heteroatoms. The molecule has 3 nitrogen and oxygen atoms in total. The van der Waals surface area contributed by atoms with Crippen LogP contribution in [-0.2, 0) is 6.54 Å². The molecule has 0 atom stereocenters. The number of aromatic nitrogens is 1. The van der Waals surface area contributed by atoms with Gasteiger partial charge < -0.3 is 10.2 Å². The van der Waals surface area contributed by atoms with Crippen molar-refractivity contribution in [3.05, 3.63) is 23.9 Å². The second kappa shape index (κ2) is 6.90. The van der Waals surface area contributed by atoms with Crippen LogP contribution >= 0.6 is 0 Å². The predicted octanol–water partition coefficient (Wildman–Crippen LogP) is 3.45. The summed E-state index contributed by atoms with van der Waals surface area (Å²) in [5.74, 6) is 1.76. The molecule has 108 valence electrons. The smallest absolute Gasteiger partial charge is 0.133 e. The summed E-state index contributed by atoms with van der Waals surface area (Å²) >= 11 is 0. The van der Waals surface area contributed by atoms with Gasteiger partial charge in [0.15, 0.2) is 0 Å². The number of nitrogens with zero attached hydrogens (tertiary/aromatic N) is 2. The van der Waals surface area contributed by atoms with E-state index in [0.29, 0.717) is 5.92 Å². The third-order valence-corrected chi connectivity index (χ3v) is 2.94. The minimum atomic E-state index is 0.127. The Morgan fingerprint density at radius 3 is 2.53 bits per heavy atom. The number of pyridine rings is 1. The highest BCUT2D eigenvalue weighted by molar-refractivity contribution is 5.46. The van der Waals surface area contributed by atoms with E-state index in [-0.39, 0.29) is 5.54 Å². The van der Waals surface area contributed by atoms with E-state index in [9.17, 15) is 0 Å². The van der Waals surface area contributed by atoms with Gasteiger partial charge in [-0.05, 0) is 39.7 Å². The van der Waals surface area contributed by atoms with Crippen molar-refractivity contribution < 1.29 is 0 Å². The molecule has 1 aromatic rings. The summed E-state index contributed by atoms with van der Waals surface area (Å²) in [6.07, 6.45) is 1.89. The van der Waals surface area contributed by atoms with Crippen molar-refractivity contribution in [1.29, 1.82) is 0 Å². The SMILES string of the molecule is CCN(CC(C)C)c1ncccc1CNC(C)(C)C. The summed E-state index contributed by atoms with van der Waals surface area (Å²) in [5.41, 5.74) is 1.40. The molecule has 0 saturated heterocycles. The standard InChI is InChI=1S/C16H29N3/c1-7-19(12-13(2)3)15-14(9-8-10-17-15)11-18-16(4,5)6/h8-10,13,18H,7,11-12H2,1-6H3. The van der Waals surface area contributed by atoms with Crippen molar-refractivity contribution in [3.63, 3.8) is 0 Å². The van der Waals surface area contributed by atoms with E-state index in [2.05, 4.69) is 62.8 Å². The van der Waals surface area contributed by atoms with Gasteiger partial charge in [-0.3, -0.25) is 0 Å². The molecule has 1 N–H and O–H groups in total. The molecule has 0 aliphatic carbocycles. The quantitative estimate of drug-likeness (QED) is 0.852. The molecule has 0 spiro atoms. The Balaban J connectivity index is 2.87. The molecule has 1 aromatic heterocycles. The lowest BCUT2D eigenvalue weighted by atomic mass is 10.1. The Morgan fingerprint density at radius 2 is 2.00 bits per heavy atom. The fourth-order valence-electron chi connectivity index (χ4n) is 2.02. The summed E-state index contributed by atoms with van der Waals surface area (Å²) in [4.78, 5) is 6.95. The maximum absolute atomic E-state index is 4.59. The van der Waals surface area contributed by atoms with E-state index in [4.69, 9.17) is 0 Å². The van der Waals surface area contributed by atoms with E-state index in [1.165, 1.54) is 5.56 Å². The largest absolute Gasteiger partial charge is 0.356 e. The summed E-state index contributed by atoms with van der Waals surface area (Å²) in [7, 11) is 0. The monoisotopic (exact) mass is 263 g/mol. The van der Waals surface area contributed by atoms with Crippen molar-refractivity contribution in [2.24, 2.45) is 5.92 Å². The normalized spacial score (nSPS) is 11.9. The minimum Gasteiger partial charge on any atom is -0.356 e. The molecule has 0 aliphatic rings. The average molecular weight is 263 g/mol. The summed E-state index contributed by atoms with van der Waals surface area (Å²) in [6, 6.07) is 4.19. The highest BCUT2D eigenvalue weighted by atomic mass is 15.2. The van der Waals surface area contributed by atoms with Gasteiger partial charge in [-0.2, -0.15) is 0 Å². The molecule has 0 saturated carbocycles. The Bertz CT molecular complexity index is 380. The van der Waals surface area contributed by atoms with E-state index in [1.807, 2.05) is 12.3 Å². The summed E-state index contributed by atoms with van der Waals surface area (Å²) in [6.45, 7) is 16.2. The van der Waals surface area contributed by atoms with Crippen LogP contribution in [0.15, 0.2) is 18.3 Å². The number of anilines is 1. The number of hydrogen-bond acceptors (Lipinski definition) is 3. The zero-order valence-corrected chi connectivity index (χ0v) is 13.3. The maximum atomic E-state index is 4.59. The Labute approximate surface area is 118 Å². The molecule has 0 aliphatic heterocycles. The van der Waals surface area contributed by atoms with Crippen LogP contribution < -0.4 is 10.2 Å². The zero-order chi connectivity index (χ0) is 14.5. The van der Waals surface area contributed by atoms with Gasteiger partial charge in [0.1, 0.15) is 5.82 Å². The first-order valence-corrected chi connectivity index (χ1v) is 7.27. The second-order valence-corrected chi connectivity index (χ2v) is 6.52. The first-order chi connectivity index (χ1) is 8.83. The second-order valence-electron chi connectivity index (χ2n) is 6.52. The summed E-state index contributed by atoms with van der Waals surface area (Å²) in [5, 5.41) is 3.54. The molecule has 1 heterocycles. The minimum absolute atomic E-state index is 0.127. The first kappa shape index (κ1) is 16.0. The van der Waals surface area contributed by atoms with Crippen LogP contribution in [-0.4, -0.2) is 23.6 Å². The fraction of sp³-hybridized carbons (Fsp3) is 0.688. The van der Waals surface area contributed by atoms with Crippen molar-refractivity contribution in [3.8, 4) is 0 Å². The average Bonchev–Trinajstić information content (AvgIpc) is 2.33. The molecule has 0 aromatic carbocycles. The van der Waals surface area contributed by atoms with Gasteiger partial charge in [-0.25, -0.2) is 4.98 Å². The molecule has 1 rings (SSSR count). The van der Waals surface area contributed by atoms with Crippen LogP contribution in [0.4, 0.5) is 5.82 Å². The fourth-order valence-corrected chi connectivity index (χ4v) is 2.02. The molecular formula is C16H29N3. The number of hydrogen-bond donors (Lipinski definition) is 1. The van der Waals surface area contributed by atoms with Crippen LogP contribution in [0.5, 0.6) is 0 Å². The lowest BCUT2D eigenvalue weighted by Crippen LogP contribution is -2.36. The van der Waals surface area contributed by atoms with Crippen molar-refractivity contribution in [2.75, 3.05) is 18.0 Å². The molecule has 0 fully saturated rings.